The van der Waals surface area contributed by atoms with Crippen molar-refractivity contribution < 1.29 is 28.6 Å². The fourth-order valence-corrected chi connectivity index (χ4v) is 2.76. The zero-order valence-electron chi connectivity index (χ0n) is 17.0. The number of H-pyrrole nitrogens is 1. The minimum atomic E-state index is -0.498. The lowest BCUT2D eigenvalue weighted by Gasteiger charge is -2.24. The first-order valence-electron chi connectivity index (χ1n) is 8.94. The molecule has 0 saturated heterocycles. The molecule has 1 heterocycles. The molecule has 0 radical (unpaired) electrons. The maximum atomic E-state index is 13.0. The van der Waals surface area contributed by atoms with E-state index < -0.39 is 5.97 Å². The molecule has 152 valence electrons. The minimum Gasteiger partial charge on any atom is -0.469 e. The van der Waals surface area contributed by atoms with Gasteiger partial charge in [0.15, 0.2) is 0 Å². The number of aryl methyl sites for hydroxylation is 1. The Kier molecular flexibility index (Phi) is 9.00. The zero-order chi connectivity index (χ0) is 20.6. The van der Waals surface area contributed by atoms with E-state index in [2.05, 4.69) is 9.72 Å². The molecule has 8 heteroatoms. The molecule has 1 aromatic heterocycles. The smallest absolute Gasteiger partial charge is 0.340 e. The normalized spacial score (nSPS) is 10.8. The lowest BCUT2D eigenvalue weighted by atomic mass is 10.1. The van der Waals surface area contributed by atoms with Crippen LogP contribution in [0.15, 0.2) is 0 Å². The number of aromatic amines is 1. The first-order valence-corrected chi connectivity index (χ1v) is 8.94. The Hall–Kier alpha value is -2.35. The van der Waals surface area contributed by atoms with Gasteiger partial charge in [-0.1, -0.05) is 13.8 Å². The van der Waals surface area contributed by atoms with Crippen LogP contribution in [-0.2, 0) is 19.0 Å². The van der Waals surface area contributed by atoms with E-state index in [1.807, 2.05) is 13.8 Å². The van der Waals surface area contributed by atoms with Gasteiger partial charge in [-0.3, -0.25) is 9.59 Å². The monoisotopic (exact) mass is 382 g/mol. The Labute approximate surface area is 160 Å². The summed E-state index contributed by atoms with van der Waals surface area (Å²) >= 11 is 0. The third-order valence-corrected chi connectivity index (χ3v) is 4.06. The van der Waals surface area contributed by atoms with Crippen molar-refractivity contribution in [1.29, 1.82) is 0 Å². The van der Waals surface area contributed by atoms with Crippen LogP contribution in [0, 0.1) is 19.8 Å². The summed E-state index contributed by atoms with van der Waals surface area (Å²) in [6, 6.07) is 0. The lowest BCUT2D eigenvalue weighted by molar-refractivity contribution is -0.140. The van der Waals surface area contributed by atoms with E-state index in [0.29, 0.717) is 35.7 Å². The summed E-state index contributed by atoms with van der Waals surface area (Å²) in [6.45, 7) is 8.58. The average molecular weight is 382 g/mol. The highest BCUT2D eigenvalue weighted by atomic mass is 16.6. The van der Waals surface area contributed by atoms with Gasteiger partial charge in [-0.15, -0.1) is 0 Å². The van der Waals surface area contributed by atoms with E-state index in [4.69, 9.17) is 9.47 Å². The number of carbonyl (C=O) groups is 3. The van der Waals surface area contributed by atoms with Gasteiger partial charge in [-0.2, -0.15) is 0 Å². The fourth-order valence-electron chi connectivity index (χ4n) is 2.76. The summed E-state index contributed by atoms with van der Waals surface area (Å²) in [4.78, 5) is 41.4. The maximum absolute atomic E-state index is 13.0. The molecule has 0 aromatic carbocycles. The van der Waals surface area contributed by atoms with Gasteiger partial charge in [0.25, 0.3) is 5.91 Å². The minimum absolute atomic E-state index is 0.111. The number of esters is 2. The molecule has 0 saturated carbocycles. The summed E-state index contributed by atoms with van der Waals surface area (Å²) in [5.74, 6) is -0.911. The predicted octanol–water partition coefficient (Wildman–Crippen LogP) is 2.10. The number of rotatable bonds is 10. The second-order valence-corrected chi connectivity index (χ2v) is 6.72. The Morgan fingerprint density at radius 2 is 1.78 bits per heavy atom. The Morgan fingerprint density at radius 3 is 2.33 bits per heavy atom. The molecule has 1 rings (SSSR count). The molecule has 8 nitrogen and oxygen atoms in total. The van der Waals surface area contributed by atoms with Crippen molar-refractivity contribution in [2.24, 2.45) is 5.92 Å². The van der Waals surface area contributed by atoms with Gasteiger partial charge in [-0.25, -0.2) is 4.79 Å². The van der Waals surface area contributed by atoms with Crippen molar-refractivity contribution in [2.75, 3.05) is 40.5 Å². The van der Waals surface area contributed by atoms with Crippen LogP contribution < -0.4 is 0 Å². The number of carbonyl (C=O) groups excluding carboxylic acids is 3. The number of methoxy groups -OCH3 is 2. The number of nitrogens with one attached hydrogen (secondary N) is 1. The maximum Gasteiger partial charge on any atom is 0.340 e. The summed E-state index contributed by atoms with van der Waals surface area (Å²) in [7, 11) is 2.84. The van der Waals surface area contributed by atoms with Gasteiger partial charge in [0.1, 0.15) is 12.3 Å². The second-order valence-electron chi connectivity index (χ2n) is 6.72. The molecule has 0 atom stereocenters. The molecule has 0 aliphatic rings. The van der Waals surface area contributed by atoms with Crippen LogP contribution in [0.2, 0.25) is 0 Å². The Bertz CT molecular complexity index is 665. The highest BCUT2D eigenvalue weighted by molar-refractivity contribution is 6.00. The fraction of sp³-hybridized carbons (Fsp3) is 0.632. The lowest BCUT2D eigenvalue weighted by Crippen LogP contribution is -2.36. The van der Waals surface area contributed by atoms with Gasteiger partial charge in [0, 0.05) is 25.9 Å². The van der Waals surface area contributed by atoms with Crippen LogP contribution in [0.5, 0.6) is 0 Å². The average Bonchev–Trinajstić information content (AvgIpc) is 2.91. The van der Waals surface area contributed by atoms with Crippen LogP contribution in [0.3, 0.4) is 0 Å². The number of nitrogens with zero attached hydrogens (tertiary/aromatic N) is 1. The summed E-state index contributed by atoms with van der Waals surface area (Å²) in [5.41, 5.74) is 1.78. The largest absolute Gasteiger partial charge is 0.469 e. The molecule has 0 spiro atoms. The number of aromatic nitrogens is 1. The molecule has 27 heavy (non-hydrogen) atoms. The Morgan fingerprint density at radius 1 is 1.11 bits per heavy atom. The molecule has 1 aromatic rings. The van der Waals surface area contributed by atoms with Crippen molar-refractivity contribution >= 4 is 17.8 Å². The summed E-state index contributed by atoms with van der Waals surface area (Å²) in [5, 5.41) is 0. The second kappa shape index (κ2) is 10.7. The van der Waals surface area contributed by atoms with Gasteiger partial charge in [-0.05, 0) is 25.3 Å². The molecule has 0 bridgehead atoms. The summed E-state index contributed by atoms with van der Waals surface area (Å²) < 4.78 is 14.7. The van der Waals surface area contributed by atoms with Crippen molar-refractivity contribution in [3.63, 3.8) is 0 Å². The molecular weight excluding hydrogens is 352 g/mol. The first-order chi connectivity index (χ1) is 12.7. The molecular formula is C19H30N2O6. The van der Waals surface area contributed by atoms with Crippen molar-refractivity contribution in [1.82, 2.24) is 9.88 Å². The quantitative estimate of drug-likeness (QED) is 0.492. The number of hydrogen-bond acceptors (Lipinski definition) is 6. The topological polar surface area (TPSA) is 97.9 Å². The third-order valence-electron chi connectivity index (χ3n) is 4.06. The van der Waals surface area contributed by atoms with Gasteiger partial charge in [0.05, 0.1) is 25.7 Å². The van der Waals surface area contributed by atoms with Crippen LogP contribution in [0.25, 0.3) is 0 Å². The standard InChI is InChI=1S/C19H30N2O6/c1-12(2)11-21(8-7-15(22)26-6)18(23)17-13(3)16(14(4)20-17)19(24)27-10-9-25-5/h12,20H,7-11H2,1-6H3. The molecule has 0 fully saturated rings. The molecule has 1 amide bonds. The molecule has 0 aliphatic carbocycles. The van der Waals surface area contributed by atoms with E-state index in [9.17, 15) is 14.4 Å². The molecule has 1 N–H and O–H groups in total. The van der Waals surface area contributed by atoms with E-state index in [1.54, 1.807) is 18.7 Å². The van der Waals surface area contributed by atoms with E-state index in [-0.39, 0.29) is 37.4 Å². The third kappa shape index (κ3) is 6.39. The first kappa shape index (κ1) is 22.7. The van der Waals surface area contributed by atoms with Crippen LogP contribution in [0.4, 0.5) is 0 Å². The number of ether oxygens (including phenoxy) is 3. The number of amides is 1. The van der Waals surface area contributed by atoms with Crippen molar-refractivity contribution in [3.8, 4) is 0 Å². The van der Waals surface area contributed by atoms with Gasteiger partial charge < -0.3 is 24.1 Å². The van der Waals surface area contributed by atoms with Crippen LogP contribution in [-0.4, -0.2) is 68.3 Å². The molecule has 0 unspecified atom stereocenters. The van der Waals surface area contributed by atoms with Gasteiger partial charge in [0.2, 0.25) is 0 Å². The predicted molar refractivity (Wildman–Crippen MR) is 99.8 cm³/mol. The van der Waals surface area contributed by atoms with Gasteiger partial charge >= 0.3 is 11.9 Å². The van der Waals surface area contributed by atoms with E-state index >= 15 is 0 Å². The molecule has 0 aliphatic heterocycles. The van der Waals surface area contributed by atoms with E-state index in [1.165, 1.54) is 14.2 Å². The summed E-state index contributed by atoms with van der Waals surface area (Å²) in [6.07, 6.45) is 0.111. The Balaban J connectivity index is 3.03. The highest BCUT2D eigenvalue weighted by Gasteiger charge is 2.26. The number of hydrogen-bond donors (Lipinski definition) is 1. The van der Waals surface area contributed by atoms with Crippen molar-refractivity contribution in [3.05, 3.63) is 22.5 Å². The SMILES string of the molecule is COCCOC(=O)c1c(C)[nH]c(C(=O)N(CCC(=O)OC)CC(C)C)c1C. The zero-order valence-corrected chi connectivity index (χ0v) is 17.0. The van der Waals surface area contributed by atoms with Crippen LogP contribution in [0.1, 0.15) is 52.4 Å². The van der Waals surface area contributed by atoms with E-state index in [0.717, 1.165) is 0 Å². The van der Waals surface area contributed by atoms with Crippen LogP contribution >= 0.6 is 0 Å². The van der Waals surface area contributed by atoms with Crippen molar-refractivity contribution in [2.45, 2.75) is 34.1 Å². The highest BCUT2D eigenvalue weighted by Crippen LogP contribution is 2.21.